The third-order valence-electron chi connectivity index (χ3n) is 4.43. The predicted octanol–water partition coefficient (Wildman–Crippen LogP) is 3.99. The second kappa shape index (κ2) is 9.42. The zero-order valence-electron chi connectivity index (χ0n) is 17.1. The third-order valence-corrected chi connectivity index (χ3v) is 7.51. The van der Waals surface area contributed by atoms with Gasteiger partial charge in [0.2, 0.25) is 10.0 Å². The van der Waals surface area contributed by atoms with E-state index in [0.717, 1.165) is 14.7 Å². The van der Waals surface area contributed by atoms with Crippen LogP contribution in [-0.2, 0) is 16.6 Å². The number of ether oxygens (including phenoxy) is 1. The third kappa shape index (κ3) is 4.72. The lowest BCUT2D eigenvalue weighted by Crippen LogP contribution is -2.27. The number of hydrogen-bond acceptors (Lipinski definition) is 5. The minimum Gasteiger partial charge on any atom is -0.492 e. The van der Waals surface area contributed by atoms with Crippen LogP contribution >= 0.6 is 11.3 Å². The predicted molar refractivity (Wildman–Crippen MR) is 119 cm³/mol. The van der Waals surface area contributed by atoms with E-state index in [-0.39, 0.29) is 17.3 Å². The fourth-order valence-corrected chi connectivity index (χ4v) is 5.03. The van der Waals surface area contributed by atoms with Crippen molar-refractivity contribution >= 4 is 27.3 Å². The van der Waals surface area contributed by atoms with Crippen LogP contribution in [0.1, 0.15) is 22.2 Å². The molecule has 1 heterocycles. The Morgan fingerprint density at radius 3 is 2.40 bits per heavy atom. The molecule has 1 aromatic heterocycles. The average Bonchev–Trinajstić information content (AvgIpc) is 3.17. The number of benzene rings is 2. The first-order valence-corrected chi connectivity index (χ1v) is 11.7. The number of sulfonamides is 1. The highest BCUT2D eigenvalue weighted by molar-refractivity contribution is 7.89. The maximum atomic E-state index is 12.9. The summed E-state index contributed by atoms with van der Waals surface area (Å²) < 4.78 is 32.0. The van der Waals surface area contributed by atoms with Gasteiger partial charge in [0.25, 0.3) is 5.91 Å². The molecule has 0 fully saturated rings. The summed E-state index contributed by atoms with van der Waals surface area (Å²) in [4.78, 5) is 14.5. The smallest absolute Gasteiger partial charge is 0.265 e. The molecule has 8 heteroatoms. The summed E-state index contributed by atoms with van der Waals surface area (Å²) in [5.41, 5.74) is 1.53. The Bertz CT molecular complexity index is 1120. The van der Waals surface area contributed by atoms with Crippen LogP contribution in [0.3, 0.4) is 0 Å². The Kier molecular flexibility index (Phi) is 6.91. The summed E-state index contributed by atoms with van der Waals surface area (Å²) >= 11 is 1.35. The van der Waals surface area contributed by atoms with E-state index in [4.69, 9.17) is 4.74 Å². The lowest BCUT2D eigenvalue weighted by atomic mass is 10.2. The second-order valence-corrected chi connectivity index (χ2v) is 9.85. The standard InChI is InChI=1S/C22H24N2O4S2/c1-4-28-18-14-19(16-10-6-5-7-11-16)29-21(18)22(25)23-15-17-12-8-9-13-20(17)30(26,27)24(2)3/h5-14H,4,15H2,1-3H3,(H,23,25). The van der Waals surface area contributed by atoms with E-state index in [9.17, 15) is 13.2 Å². The van der Waals surface area contributed by atoms with Gasteiger partial charge in [-0.15, -0.1) is 11.3 Å². The maximum absolute atomic E-state index is 12.9. The molecule has 0 atom stereocenters. The molecular formula is C22H24N2O4S2. The number of rotatable bonds is 8. The molecule has 3 rings (SSSR count). The molecule has 3 aromatic rings. The first-order valence-electron chi connectivity index (χ1n) is 9.45. The van der Waals surface area contributed by atoms with Crippen LogP contribution < -0.4 is 10.1 Å². The monoisotopic (exact) mass is 444 g/mol. The van der Waals surface area contributed by atoms with Crippen molar-refractivity contribution < 1.29 is 17.9 Å². The van der Waals surface area contributed by atoms with Gasteiger partial charge < -0.3 is 10.1 Å². The molecule has 0 unspecified atom stereocenters. The molecule has 0 saturated carbocycles. The van der Waals surface area contributed by atoms with Gasteiger partial charge in [-0.2, -0.15) is 0 Å². The van der Waals surface area contributed by atoms with Gasteiger partial charge >= 0.3 is 0 Å². The van der Waals surface area contributed by atoms with Crippen molar-refractivity contribution in [1.29, 1.82) is 0 Å². The number of hydrogen-bond donors (Lipinski definition) is 1. The number of carbonyl (C=O) groups excluding carboxylic acids is 1. The fraction of sp³-hybridized carbons (Fsp3) is 0.227. The highest BCUT2D eigenvalue weighted by atomic mass is 32.2. The van der Waals surface area contributed by atoms with Crippen LogP contribution in [-0.4, -0.2) is 39.3 Å². The van der Waals surface area contributed by atoms with Crippen molar-refractivity contribution in [2.75, 3.05) is 20.7 Å². The first-order chi connectivity index (χ1) is 14.3. The lowest BCUT2D eigenvalue weighted by Gasteiger charge is -2.15. The van der Waals surface area contributed by atoms with E-state index in [2.05, 4.69) is 5.32 Å². The highest BCUT2D eigenvalue weighted by Gasteiger charge is 2.22. The molecule has 1 N–H and O–H groups in total. The van der Waals surface area contributed by atoms with Gasteiger partial charge in [0.15, 0.2) is 0 Å². The Morgan fingerprint density at radius 1 is 1.07 bits per heavy atom. The molecule has 2 aromatic carbocycles. The summed E-state index contributed by atoms with van der Waals surface area (Å²) in [5, 5.41) is 2.84. The summed E-state index contributed by atoms with van der Waals surface area (Å²) in [6, 6.07) is 18.3. The molecule has 1 amide bonds. The lowest BCUT2D eigenvalue weighted by molar-refractivity contribution is 0.0951. The zero-order valence-corrected chi connectivity index (χ0v) is 18.7. The number of amides is 1. The van der Waals surface area contributed by atoms with Gasteiger partial charge in [0.05, 0.1) is 11.5 Å². The molecule has 0 radical (unpaired) electrons. The average molecular weight is 445 g/mol. The Balaban J connectivity index is 1.85. The van der Waals surface area contributed by atoms with E-state index < -0.39 is 10.0 Å². The van der Waals surface area contributed by atoms with Gasteiger partial charge in [-0.3, -0.25) is 4.79 Å². The largest absolute Gasteiger partial charge is 0.492 e. The van der Waals surface area contributed by atoms with Crippen LogP contribution in [0.15, 0.2) is 65.6 Å². The Labute approximate surface area is 181 Å². The Morgan fingerprint density at radius 2 is 1.73 bits per heavy atom. The van der Waals surface area contributed by atoms with Crippen LogP contribution in [0.25, 0.3) is 10.4 Å². The number of nitrogens with zero attached hydrogens (tertiary/aromatic N) is 1. The summed E-state index contributed by atoms with van der Waals surface area (Å²) in [5.74, 6) is 0.218. The van der Waals surface area contributed by atoms with E-state index in [1.807, 2.05) is 43.3 Å². The van der Waals surface area contributed by atoms with Crippen LogP contribution in [0.2, 0.25) is 0 Å². The molecular weight excluding hydrogens is 420 g/mol. The van der Waals surface area contributed by atoms with Crippen molar-refractivity contribution in [3.63, 3.8) is 0 Å². The molecule has 0 aliphatic carbocycles. The molecule has 0 aliphatic heterocycles. The van der Waals surface area contributed by atoms with E-state index >= 15 is 0 Å². The van der Waals surface area contributed by atoms with Gasteiger partial charge in [-0.25, -0.2) is 12.7 Å². The van der Waals surface area contributed by atoms with E-state index in [1.165, 1.54) is 25.4 Å². The molecule has 0 bridgehead atoms. The second-order valence-electron chi connectivity index (χ2n) is 6.68. The molecule has 30 heavy (non-hydrogen) atoms. The number of carbonyl (C=O) groups is 1. The van der Waals surface area contributed by atoms with Gasteiger partial charge in [-0.1, -0.05) is 48.5 Å². The first kappa shape index (κ1) is 22.0. The van der Waals surface area contributed by atoms with Crippen molar-refractivity contribution in [3.05, 3.63) is 71.1 Å². The van der Waals surface area contributed by atoms with Crippen LogP contribution in [0.4, 0.5) is 0 Å². The van der Waals surface area contributed by atoms with Crippen molar-refractivity contribution in [2.24, 2.45) is 0 Å². The summed E-state index contributed by atoms with van der Waals surface area (Å²) in [7, 11) is -0.645. The maximum Gasteiger partial charge on any atom is 0.265 e. The Hall–Kier alpha value is -2.68. The molecule has 6 nitrogen and oxygen atoms in total. The molecule has 0 spiro atoms. The van der Waals surface area contributed by atoms with Crippen LogP contribution in [0.5, 0.6) is 5.75 Å². The highest BCUT2D eigenvalue weighted by Crippen LogP contribution is 2.36. The minimum atomic E-state index is -3.61. The quantitative estimate of drug-likeness (QED) is 0.570. The number of nitrogens with one attached hydrogen (secondary N) is 1. The SMILES string of the molecule is CCOc1cc(-c2ccccc2)sc1C(=O)NCc1ccccc1S(=O)(=O)N(C)C. The molecule has 0 aliphatic rings. The van der Waals surface area contributed by atoms with Crippen molar-refractivity contribution in [1.82, 2.24) is 9.62 Å². The van der Waals surface area contributed by atoms with Crippen molar-refractivity contribution in [2.45, 2.75) is 18.4 Å². The minimum absolute atomic E-state index is 0.0895. The van der Waals surface area contributed by atoms with Gasteiger partial charge in [-0.05, 0) is 30.2 Å². The number of thiophene rings is 1. The normalized spacial score (nSPS) is 11.5. The summed E-state index contributed by atoms with van der Waals surface area (Å²) in [6.07, 6.45) is 0. The molecule has 0 saturated heterocycles. The zero-order chi connectivity index (χ0) is 21.7. The molecule has 158 valence electrons. The van der Waals surface area contributed by atoms with Gasteiger partial charge in [0.1, 0.15) is 10.6 Å². The van der Waals surface area contributed by atoms with Crippen molar-refractivity contribution in [3.8, 4) is 16.2 Å². The topological polar surface area (TPSA) is 75.7 Å². The van der Waals surface area contributed by atoms with E-state index in [0.29, 0.717) is 22.8 Å². The van der Waals surface area contributed by atoms with Gasteiger partial charge in [0, 0.05) is 25.5 Å². The van der Waals surface area contributed by atoms with Crippen LogP contribution in [0, 0.1) is 0 Å². The van der Waals surface area contributed by atoms with E-state index in [1.54, 1.807) is 24.3 Å². The fourth-order valence-electron chi connectivity index (χ4n) is 2.89. The summed E-state index contributed by atoms with van der Waals surface area (Å²) in [6.45, 7) is 2.39.